The summed E-state index contributed by atoms with van der Waals surface area (Å²) in [6.07, 6.45) is 3.46. The summed E-state index contributed by atoms with van der Waals surface area (Å²) in [5.41, 5.74) is 1.88. The van der Waals surface area contributed by atoms with Gasteiger partial charge in [-0.15, -0.1) is 0 Å². The van der Waals surface area contributed by atoms with Crippen molar-refractivity contribution in [3.05, 3.63) is 45.9 Å². The van der Waals surface area contributed by atoms with Crippen LogP contribution in [0.2, 0.25) is 0 Å². The molecule has 2 aromatic rings. The summed E-state index contributed by atoms with van der Waals surface area (Å²) in [6.45, 7) is 0.615. The summed E-state index contributed by atoms with van der Waals surface area (Å²) < 4.78 is 0.959. The van der Waals surface area contributed by atoms with Crippen LogP contribution >= 0.6 is 15.9 Å². The Kier molecular flexibility index (Phi) is 3.46. The van der Waals surface area contributed by atoms with Gasteiger partial charge in [0.05, 0.1) is 12.1 Å². The molecule has 1 aliphatic heterocycles. The smallest absolute Gasteiger partial charge is 0.254 e. The molecule has 2 atom stereocenters. The molecule has 1 amide bonds. The van der Waals surface area contributed by atoms with E-state index in [0.29, 0.717) is 6.54 Å². The molecular weight excluding hydrogens is 342 g/mol. The van der Waals surface area contributed by atoms with Gasteiger partial charge >= 0.3 is 0 Å². The highest BCUT2D eigenvalue weighted by atomic mass is 79.9. The number of aliphatic hydroxyl groups excluding tert-OH is 1. The molecule has 1 heterocycles. The molecule has 3 nitrogen and oxygen atoms in total. The number of hydrogen-bond acceptors (Lipinski definition) is 2. The normalized spacial score (nSPS) is 24.8. The predicted octanol–water partition coefficient (Wildman–Crippen LogP) is 3.86. The van der Waals surface area contributed by atoms with Crippen LogP contribution in [-0.2, 0) is 6.54 Å². The Morgan fingerprint density at radius 3 is 2.64 bits per heavy atom. The minimum Gasteiger partial charge on any atom is -0.391 e. The van der Waals surface area contributed by atoms with Crippen molar-refractivity contribution in [1.82, 2.24) is 4.90 Å². The molecule has 0 spiro atoms. The molecule has 1 aliphatic carbocycles. The average molecular weight is 360 g/mol. The van der Waals surface area contributed by atoms with E-state index in [1.807, 2.05) is 23.1 Å². The first-order valence-electron chi connectivity index (χ1n) is 7.86. The van der Waals surface area contributed by atoms with E-state index in [2.05, 4.69) is 28.1 Å². The first kappa shape index (κ1) is 14.2. The van der Waals surface area contributed by atoms with Crippen molar-refractivity contribution < 1.29 is 9.90 Å². The fraction of sp³-hybridized carbons (Fsp3) is 0.389. The van der Waals surface area contributed by atoms with Gasteiger partial charge in [0.15, 0.2) is 0 Å². The quantitative estimate of drug-likeness (QED) is 0.839. The molecule has 1 saturated carbocycles. The highest BCUT2D eigenvalue weighted by molar-refractivity contribution is 9.10. The zero-order valence-electron chi connectivity index (χ0n) is 12.3. The molecular formula is C18H18BrNO2. The molecule has 2 aromatic carbocycles. The van der Waals surface area contributed by atoms with E-state index in [1.165, 1.54) is 0 Å². The third-order valence-electron chi connectivity index (χ3n) is 5.02. The Labute approximate surface area is 138 Å². The Hall–Kier alpha value is -1.39. The van der Waals surface area contributed by atoms with Gasteiger partial charge in [-0.3, -0.25) is 4.79 Å². The second-order valence-corrected chi connectivity index (χ2v) is 7.14. The van der Waals surface area contributed by atoms with Gasteiger partial charge in [0.2, 0.25) is 0 Å². The van der Waals surface area contributed by atoms with E-state index in [1.54, 1.807) is 0 Å². The van der Waals surface area contributed by atoms with Crippen molar-refractivity contribution in [2.75, 3.05) is 0 Å². The van der Waals surface area contributed by atoms with Gasteiger partial charge in [0, 0.05) is 16.6 Å². The number of rotatable bonds is 1. The number of benzene rings is 2. The molecule has 114 valence electrons. The van der Waals surface area contributed by atoms with Gasteiger partial charge in [-0.1, -0.05) is 53.0 Å². The van der Waals surface area contributed by atoms with Crippen LogP contribution in [0.4, 0.5) is 0 Å². The molecule has 2 aliphatic rings. The van der Waals surface area contributed by atoms with Gasteiger partial charge in [0.25, 0.3) is 5.91 Å². The van der Waals surface area contributed by atoms with Gasteiger partial charge in [-0.2, -0.15) is 0 Å². The molecule has 2 unspecified atom stereocenters. The molecule has 1 fully saturated rings. The lowest BCUT2D eigenvalue weighted by Crippen LogP contribution is -2.45. The number of amides is 1. The van der Waals surface area contributed by atoms with E-state index < -0.39 is 0 Å². The van der Waals surface area contributed by atoms with E-state index in [0.717, 1.165) is 52.1 Å². The van der Waals surface area contributed by atoms with Crippen molar-refractivity contribution in [3.8, 4) is 0 Å². The summed E-state index contributed by atoms with van der Waals surface area (Å²) in [7, 11) is 0. The summed E-state index contributed by atoms with van der Waals surface area (Å²) in [4.78, 5) is 14.7. The van der Waals surface area contributed by atoms with E-state index in [9.17, 15) is 9.90 Å². The predicted molar refractivity (Wildman–Crippen MR) is 89.8 cm³/mol. The van der Waals surface area contributed by atoms with Crippen LogP contribution in [0.25, 0.3) is 10.8 Å². The lowest BCUT2D eigenvalue weighted by Gasteiger charge is -2.35. The molecule has 4 heteroatoms. The highest BCUT2D eigenvalue weighted by Gasteiger charge is 2.38. The monoisotopic (exact) mass is 359 g/mol. The molecule has 0 radical (unpaired) electrons. The largest absolute Gasteiger partial charge is 0.391 e. The lowest BCUT2D eigenvalue weighted by molar-refractivity contribution is 0.0192. The zero-order valence-corrected chi connectivity index (χ0v) is 13.8. The number of halogens is 1. The Morgan fingerprint density at radius 1 is 1.14 bits per heavy atom. The van der Waals surface area contributed by atoms with Crippen molar-refractivity contribution in [2.45, 2.75) is 44.4 Å². The number of aliphatic hydroxyl groups is 1. The number of carbonyl (C=O) groups is 1. The molecule has 4 rings (SSSR count). The second kappa shape index (κ2) is 5.36. The summed E-state index contributed by atoms with van der Waals surface area (Å²) >= 11 is 3.59. The first-order valence-corrected chi connectivity index (χ1v) is 8.65. The minimum atomic E-state index is -0.387. The zero-order chi connectivity index (χ0) is 15.3. The molecule has 0 aromatic heterocycles. The maximum absolute atomic E-state index is 12.8. The summed E-state index contributed by atoms with van der Waals surface area (Å²) in [5.74, 6) is 0.0624. The first-order chi connectivity index (χ1) is 10.7. The maximum atomic E-state index is 12.8. The Balaban J connectivity index is 1.79. The van der Waals surface area contributed by atoms with Crippen molar-refractivity contribution >= 4 is 32.6 Å². The van der Waals surface area contributed by atoms with Gasteiger partial charge in [0.1, 0.15) is 0 Å². The van der Waals surface area contributed by atoms with E-state index >= 15 is 0 Å². The fourth-order valence-corrected chi connectivity index (χ4v) is 4.45. The van der Waals surface area contributed by atoms with Crippen LogP contribution in [0.5, 0.6) is 0 Å². The summed E-state index contributed by atoms with van der Waals surface area (Å²) in [6, 6.07) is 10.1. The summed E-state index contributed by atoms with van der Waals surface area (Å²) in [5, 5.41) is 12.6. The topological polar surface area (TPSA) is 40.5 Å². The molecule has 0 saturated heterocycles. The third-order valence-corrected chi connectivity index (χ3v) is 5.68. The fourth-order valence-electron chi connectivity index (χ4n) is 3.87. The minimum absolute atomic E-state index is 0.0359. The molecule has 22 heavy (non-hydrogen) atoms. The van der Waals surface area contributed by atoms with Crippen LogP contribution in [-0.4, -0.2) is 28.1 Å². The third kappa shape index (κ3) is 2.09. The van der Waals surface area contributed by atoms with E-state index in [4.69, 9.17) is 0 Å². The Morgan fingerprint density at radius 2 is 1.86 bits per heavy atom. The van der Waals surface area contributed by atoms with Crippen molar-refractivity contribution in [3.63, 3.8) is 0 Å². The van der Waals surface area contributed by atoms with Crippen molar-refractivity contribution in [1.29, 1.82) is 0 Å². The van der Waals surface area contributed by atoms with Crippen LogP contribution in [0, 0.1) is 0 Å². The maximum Gasteiger partial charge on any atom is 0.254 e. The average Bonchev–Trinajstić information content (AvgIpc) is 2.86. The van der Waals surface area contributed by atoms with Gasteiger partial charge < -0.3 is 10.0 Å². The standard InChI is InChI=1S/C18H18BrNO2/c19-15-9-13-14(11-5-1-2-6-12(11)15)10-20(18(13)22)16-7-3-4-8-17(16)21/h1-2,5-6,9,16-17,21H,3-4,7-8,10H2. The van der Waals surface area contributed by atoms with Gasteiger partial charge in [-0.05, 0) is 35.2 Å². The molecule has 0 bridgehead atoms. The van der Waals surface area contributed by atoms with E-state index in [-0.39, 0.29) is 18.1 Å². The number of carbonyl (C=O) groups excluding carboxylic acids is 1. The van der Waals surface area contributed by atoms with Crippen LogP contribution in [0.15, 0.2) is 34.8 Å². The Bertz CT molecular complexity index is 758. The van der Waals surface area contributed by atoms with Crippen LogP contribution in [0.1, 0.15) is 41.6 Å². The molecule has 1 N–H and O–H groups in total. The second-order valence-electron chi connectivity index (χ2n) is 6.28. The highest BCUT2D eigenvalue weighted by Crippen LogP contribution is 2.37. The number of fused-ring (bicyclic) bond motifs is 3. The lowest BCUT2D eigenvalue weighted by atomic mass is 9.91. The SMILES string of the molecule is O=C1c2cc(Br)c3ccccc3c2CN1C1CCCCC1O. The van der Waals surface area contributed by atoms with Crippen molar-refractivity contribution in [2.24, 2.45) is 0 Å². The number of hydrogen-bond donors (Lipinski definition) is 1. The van der Waals surface area contributed by atoms with Crippen LogP contribution < -0.4 is 0 Å². The number of nitrogens with zero attached hydrogens (tertiary/aromatic N) is 1. The van der Waals surface area contributed by atoms with Crippen LogP contribution in [0.3, 0.4) is 0 Å². The van der Waals surface area contributed by atoms with Gasteiger partial charge in [-0.25, -0.2) is 0 Å².